The Morgan fingerprint density at radius 1 is 1.06 bits per heavy atom. The Balaban J connectivity index is 1.89. The summed E-state index contributed by atoms with van der Waals surface area (Å²) in [6, 6.07) is 19.7. The maximum absolute atomic E-state index is 12.4. The van der Waals surface area contributed by atoms with Gasteiger partial charge in [0.1, 0.15) is 12.1 Å². The number of aromatic amines is 1. The van der Waals surface area contributed by atoms with Crippen molar-refractivity contribution in [1.82, 2.24) is 14.8 Å². The highest BCUT2D eigenvalue weighted by molar-refractivity contribution is 6.99. The van der Waals surface area contributed by atoms with Crippen LogP contribution in [0.3, 0.4) is 0 Å². The van der Waals surface area contributed by atoms with E-state index in [0.29, 0.717) is 12.2 Å². The van der Waals surface area contributed by atoms with Crippen molar-refractivity contribution in [2.45, 2.75) is 44.4 Å². The van der Waals surface area contributed by atoms with E-state index in [1.54, 1.807) is 0 Å². The molecule has 0 aliphatic carbocycles. The van der Waals surface area contributed by atoms with Crippen LogP contribution in [0.1, 0.15) is 45.2 Å². The fourth-order valence-corrected chi connectivity index (χ4v) is 9.25. The van der Waals surface area contributed by atoms with Crippen LogP contribution >= 0.6 is 0 Å². The molecule has 2 heterocycles. The van der Waals surface area contributed by atoms with Crippen molar-refractivity contribution < 1.29 is 14.0 Å². The number of fused-ring (bicyclic) bond motifs is 1. The molecule has 31 heavy (non-hydrogen) atoms. The second-order valence-electron chi connectivity index (χ2n) is 8.80. The molecule has 0 fully saturated rings. The summed E-state index contributed by atoms with van der Waals surface area (Å²) in [6.07, 6.45) is -0.210. The van der Waals surface area contributed by atoms with Crippen molar-refractivity contribution in [2.75, 3.05) is 7.11 Å². The first-order valence-corrected chi connectivity index (χ1v) is 12.2. The quantitative estimate of drug-likeness (QED) is 0.489. The average Bonchev–Trinajstić information content (AvgIpc) is 3.32. The standard InChI is InChI=1S/C23H27N3O4Si/c1-23(2,3)31(16-11-7-5-8-12-16,17-13-9-6-10-14-17)30-19-15-18(21(27)29-4)26-20(19)24-25-22(26)28/h5-14,18-19H,15H2,1-4H3,(H,25,28)/t18-,19-/m0/s1. The van der Waals surface area contributed by atoms with E-state index in [0.717, 1.165) is 10.4 Å². The highest BCUT2D eigenvalue weighted by atomic mass is 28.4. The van der Waals surface area contributed by atoms with Crippen molar-refractivity contribution in [1.29, 1.82) is 0 Å². The molecule has 2 aromatic carbocycles. The van der Waals surface area contributed by atoms with E-state index >= 15 is 0 Å². The summed E-state index contributed by atoms with van der Waals surface area (Å²) in [4.78, 5) is 24.8. The minimum atomic E-state index is -2.87. The van der Waals surface area contributed by atoms with E-state index in [9.17, 15) is 9.59 Å². The molecule has 1 N–H and O–H groups in total. The van der Waals surface area contributed by atoms with Crippen LogP contribution < -0.4 is 16.1 Å². The zero-order valence-corrected chi connectivity index (χ0v) is 19.2. The van der Waals surface area contributed by atoms with Gasteiger partial charge in [-0.2, -0.15) is 5.10 Å². The molecule has 3 aromatic rings. The van der Waals surface area contributed by atoms with Gasteiger partial charge in [-0.25, -0.2) is 14.7 Å². The smallest absolute Gasteiger partial charge is 0.344 e. The Hall–Kier alpha value is -2.97. The van der Waals surface area contributed by atoms with Gasteiger partial charge in [0.2, 0.25) is 0 Å². The maximum atomic E-state index is 12.4. The van der Waals surface area contributed by atoms with Crippen LogP contribution in [0.25, 0.3) is 0 Å². The van der Waals surface area contributed by atoms with Gasteiger partial charge in [-0.05, 0) is 15.4 Å². The zero-order chi connectivity index (χ0) is 22.2. The number of H-pyrrole nitrogens is 1. The number of nitrogens with one attached hydrogen (secondary N) is 1. The highest BCUT2D eigenvalue weighted by Gasteiger charge is 2.54. The van der Waals surface area contributed by atoms with E-state index in [1.807, 2.05) is 36.4 Å². The third-order valence-electron chi connectivity index (χ3n) is 5.98. The van der Waals surface area contributed by atoms with Crippen LogP contribution in [0.4, 0.5) is 0 Å². The van der Waals surface area contributed by atoms with Gasteiger partial charge in [0.15, 0.2) is 5.82 Å². The predicted octanol–water partition coefficient (Wildman–Crippen LogP) is 2.31. The van der Waals surface area contributed by atoms with Crippen molar-refractivity contribution in [3.05, 3.63) is 77.0 Å². The summed E-state index contributed by atoms with van der Waals surface area (Å²) in [7, 11) is -1.55. The molecule has 0 bridgehead atoms. The molecule has 1 aromatic heterocycles. The number of methoxy groups -OCH3 is 1. The summed E-state index contributed by atoms with van der Waals surface area (Å²) >= 11 is 0. The SMILES string of the molecule is COC(=O)[C@@H]1C[C@H](O[Si](c2ccccc2)(c2ccccc2)C(C)(C)C)c2n[nH]c(=O)n21. The first-order chi connectivity index (χ1) is 14.8. The lowest BCUT2D eigenvalue weighted by atomic mass is 10.2. The fraction of sp³-hybridized carbons (Fsp3) is 0.348. The summed E-state index contributed by atoms with van der Waals surface area (Å²) in [6.45, 7) is 6.55. The van der Waals surface area contributed by atoms with Crippen molar-refractivity contribution in [3.8, 4) is 0 Å². The molecule has 8 heteroatoms. The molecule has 1 aliphatic heterocycles. The molecule has 0 amide bonds. The lowest BCUT2D eigenvalue weighted by Crippen LogP contribution is -2.66. The lowest BCUT2D eigenvalue weighted by Gasteiger charge is -2.44. The number of aromatic nitrogens is 3. The van der Waals surface area contributed by atoms with Crippen LogP contribution in [0, 0.1) is 0 Å². The van der Waals surface area contributed by atoms with Gasteiger partial charge in [-0.1, -0.05) is 81.4 Å². The van der Waals surface area contributed by atoms with Crippen molar-refractivity contribution >= 4 is 24.7 Å². The molecule has 0 saturated carbocycles. The van der Waals surface area contributed by atoms with Gasteiger partial charge in [-0.15, -0.1) is 0 Å². The zero-order valence-electron chi connectivity index (χ0n) is 18.2. The third kappa shape index (κ3) is 3.45. The van der Waals surface area contributed by atoms with Gasteiger partial charge in [0.25, 0.3) is 8.32 Å². The van der Waals surface area contributed by atoms with E-state index in [-0.39, 0.29) is 5.04 Å². The Labute approximate surface area is 182 Å². The Kier molecular flexibility index (Phi) is 5.45. The van der Waals surface area contributed by atoms with E-state index in [2.05, 4.69) is 55.2 Å². The molecule has 0 radical (unpaired) electrons. The summed E-state index contributed by atoms with van der Waals surface area (Å²) in [5.41, 5.74) is -0.432. The summed E-state index contributed by atoms with van der Waals surface area (Å²) in [5.74, 6) is -0.0355. The van der Waals surface area contributed by atoms with Crippen LogP contribution in [0.15, 0.2) is 65.5 Å². The van der Waals surface area contributed by atoms with Gasteiger partial charge >= 0.3 is 11.7 Å². The number of carbonyl (C=O) groups is 1. The Morgan fingerprint density at radius 2 is 1.61 bits per heavy atom. The second kappa shape index (κ2) is 7.94. The number of benzene rings is 2. The van der Waals surface area contributed by atoms with Gasteiger partial charge < -0.3 is 9.16 Å². The molecule has 7 nitrogen and oxygen atoms in total. The van der Waals surface area contributed by atoms with Gasteiger partial charge in [-0.3, -0.25) is 4.57 Å². The molecule has 1 aliphatic rings. The van der Waals surface area contributed by atoms with Crippen molar-refractivity contribution in [2.24, 2.45) is 0 Å². The molecule has 4 rings (SSSR count). The predicted molar refractivity (Wildman–Crippen MR) is 120 cm³/mol. The van der Waals surface area contributed by atoms with E-state index in [4.69, 9.17) is 9.16 Å². The highest BCUT2D eigenvalue weighted by Crippen LogP contribution is 2.43. The maximum Gasteiger partial charge on any atom is 0.344 e. The van der Waals surface area contributed by atoms with Gasteiger partial charge in [0.05, 0.1) is 7.11 Å². The van der Waals surface area contributed by atoms with Crippen LogP contribution in [-0.4, -0.2) is 36.2 Å². The number of nitrogens with zero attached hydrogens (tertiary/aromatic N) is 2. The van der Waals surface area contributed by atoms with Crippen LogP contribution in [0.5, 0.6) is 0 Å². The Bertz CT molecular complexity index is 1080. The molecule has 2 atom stereocenters. The number of esters is 1. The van der Waals surface area contributed by atoms with Crippen LogP contribution in [0.2, 0.25) is 5.04 Å². The number of hydrogen-bond donors (Lipinski definition) is 1. The summed E-state index contributed by atoms with van der Waals surface area (Å²) in [5, 5.41) is 8.69. The molecular weight excluding hydrogens is 410 g/mol. The lowest BCUT2D eigenvalue weighted by molar-refractivity contribution is -0.144. The normalized spacial score (nSPS) is 18.6. The first-order valence-electron chi connectivity index (χ1n) is 10.3. The first kappa shape index (κ1) is 21.3. The largest absolute Gasteiger partial charge is 0.467 e. The Morgan fingerprint density at radius 3 is 2.10 bits per heavy atom. The number of carbonyl (C=O) groups excluding carboxylic acids is 1. The fourth-order valence-electron chi connectivity index (χ4n) is 4.60. The van der Waals surface area contributed by atoms with E-state index < -0.39 is 32.1 Å². The third-order valence-corrected chi connectivity index (χ3v) is 11.0. The topological polar surface area (TPSA) is 86.2 Å². The number of rotatable bonds is 5. The van der Waals surface area contributed by atoms with E-state index in [1.165, 1.54) is 11.7 Å². The second-order valence-corrected chi connectivity index (χ2v) is 13.1. The minimum absolute atomic E-state index is 0.236. The molecule has 0 spiro atoms. The van der Waals surface area contributed by atoms with Gasteiger partial charge in [0, 0.05) is 6.42 Å². The molecule has 0 unspecified atom stereocenters. The number of ether oxygens (including phenoxy) is 1. The average molecular weight is 438 g/mol. The minimum Gasteiger partial charge on any atom is -0.467 e. The molecular formula is C23H27N3O4Si. The summed E-state index contributed by atoms with van der Waals surface area (Å²) < 4.78 is 13.4. The van der Waals surface area contributed by atoms with Crippen molar-refractivity contribution in [3.63, 3.8) is 0 Å². The number of hydrogen-bond acceptors (Lipinski definition) is 5. The monoisotopic (exact) mass is 437 g/mol. The molecule has 162 valence electrons. The van der Waals surface area contributed by atoms with Crippen LogP contribution in [-0.2, 0) is 14.0 Å². The molecule has 0 saturated heterocycles.